The molecule has 1 unspecified atom stereocenters. The Labute approximate surface area is 202 Å². The molecule has 8 nitrogen and oxygen atoms in total. The Hall–Kier alpha value is -3.20. The van der Waals surface area contributed by atoms with Gasteiger partial charge in [-0.1, -0.05) is 23.7 Å². The normalized spacial score (nSPS) is 15.7. The third kappa shape index (κ3) is 4.50. The average molecular weight is 484 g/mol. The van der Waals surface area contributed by atoms with Crippen molar-refractivity contribution in [1.29, 1.82) is 0 Å². The Balaban J connectivity index is 0.00000259. The molecular weight excluding hydrogens is 461 g/mol. The van der Waals surface area contributed by atoms with Crippen LogP contribution in [0.3, 0.4) is 0 Å². The summed E-state index contributed by atoms with van der Waals surface area (Å²) in [6, 6.07) is 12.6. The molecular formula is C23H23Cl2N7O. The maximum absolute atomic E-state index is 12.6. The Morgan fingerprint density at radius 2 is 2.06 bits per heavy atom. The Kier molecular flexibility index (Phi) is 6.78. The maximum Gasteiger partial charge on any atom is 0.256 e. The van der Waals surface area contributed by atoms with E-state index in [0.717, 1.165) is 36.8 Å². The number of piperidine rings is 1. The number of nitrogen functional groups attached to an aromatic ring is 1. The summed E-state index contributed by atoms with van der Waals surface area (Å²) in [4.78, 5) is 21.0. The average Bonchev–Trinajstić information content (AvgIpc) is 3.21. The third-order valence-corrected chi connectivity index (χ3v) is 5.97. The molecule has 10 heteroatoms. The monoisotopic (exact) mass is 483 g/mol. The lowest BCUT2D eigenvalue weighted by Crippen LogP contribution is -2.32. The molecule has 1 saturated heterocycles. The Morgan fingerprint density at radius 1 is 1.18 bits per heavy atom. The van der Waals surface area contributed by atoms with Crippen LogP contribution < -0.4 is 16.4 Å². The number of halogens is 2. The number of benzene rings is 1. The van der Waals surface area contributed by atoms with E-state index in [2.05, 4.69) is 20.6 Å². The highest BCUT2D eigenvalue weighted by Crippen LogP contribution is 2.37. The highest BCUT2D eigenvalue weighted by molar-refractivity contribution is 6.34. The van der Waals surface area contributed by atoms with Crippen molar-refractivity contribution < 1.29 is 4.79 Å². The van der Waals surface area contributed by atoms with Gasteiger partial charge < -0.3 is 16.4 Å². The number of nitrogens with zero attached hydrogens (tertiary/aromatic N) is 4. The summed E-state index contributed by atoms with van der Waals surface area (Å²) in [5.74, 6) is 0.588. The summed E-state index contributed by atoms with van der Waals surface area (Å²) in [5, 5.41) is 12.3. The van der Waals surface area contributed by atoms with Crippen LogP contribution in [0.5, 0.6) is 0 Å². The van der Waals surface area contributed by atoms with Gasteiger partial charge in [0, 0.05) is 30.1 Å². The smallest absolute Gasteiger partial charge is 0.256 e. The lowest BCUT2D eigenvalue weighted by Gasteiger charge is -2.23. The third-order valence-electron chi connectivity index (χ3n) is 5.66. The van der Waals surface area contributed by atoms with Gasteiger partial charge in [-0.3, -0.25) is 9.48 Å². The number of hydrogen-bond acceptors (Lipinski definition) is 6. The lowest BCUT2D eigenvalue weighted by molar-refractivity contribution is 0.102. The molecule has 1 fully saturated rings. The van der Waals surface area contributed by atoms with E-state index in [1.54, 1.807) is 48.8 Å². The van der Waals surface area contributed by atoms with Crippen molar-refractivity contribution in [3.8, 4) is 11.3 Å². The van der Waals surface area contributed by atoms with Crippen LogP contribution in [0, 0.1) is 0 Å². The fraction of sp³-hybridized carbons (Fsp3) is 0.217. The highest BCUT2D eigenvalue weighted by Gasteiger charge is 2.24. The Bertz CT molecular complexity index is 1290. The maximum atomic E-state index is 12.6. The Morgan fingerprint density at radius 3 is 2.79 bits per heavy atom. The van der Waals surface area contributed by atoms with Crippen LogP contribution in [0.1, 0.15) is 29.2 Å². The first-order valence-electron chi connectivity index (χ1n) is 10.5. The minimum absolute atomic E-state index is 0. The zero-order chi connectivity index (χ0) is 22.1. The molecule has 0 spiro atoms. The standard InChI is InChI=1S/C23H22ClN7O.ClH/c24-17-12-14(23(32)29-19-5-1-2-10-27-19)6-7-16(17)21-20-18(8-11-28-22(20)25)31(30-21)15-4-3-9-26-13-15;/h1-2,5-8,10-12,15,26H,3-4,9,13H2,(H2,25,28)(H,27,29,32);1H. The molecule has 0 aliphatic carbocycles. The molecule has 5 rings (SSSR count). The van der Waals surface area contributed by atoms with Gasteiger partial charge in [0.2, 0.25) is 0 Å². The minimum Gasteiger partial charge on any atom is -0.383 e. The molecule has 0 saturated carbocycles. The van der Waals surface area contributed by atoms with E-state index in [4.69, 9.17) is 22.4 Å². The van der Waals surface area contributed by atoms with Crippen LogP contribution in [0.25, 0.3) is 22.2 Å². The molecule has 4 N–H and O–H groups in total. The quantitative estimate of drug-likeness (QED) is 0.398. The summed E-state index contributed by atoms with van der Waals surface area (Å²) >= 11 is 6.64. The van der Waals surface area contributed by atoms with Crippen molar-refractivity contribution in [3.05, 3.63) is 65.4 Å². The number of nitrogens with one attached hydrogen (secondary N) is 2. The number of anilines is 2. The molecule has 4 heterocycles. The number of aromatic nitrogens is 4. The van der Waals surface area contributed by atoms with Crippen LogP contribution in [0.15, 0.2) is 54.9 Å². The molecule has 0 radical (unpaired) electrons. The zero-order valence-electron chi connectivity index (χ0n) is 17.7. The number of fused-ring (bicyclic) bond motifs is 1. The van der Waals surface area contributed by atoms with E-state index < -0.39 is 0 Å². The summed E-state index contributed by atoms with van der Waals surface area (Å²) in [7, 11) is 0. The summed E-state index contributed by atoms with van der Waals surface area (Å²) in [6.45, 7) is 1.86. The first-order chi connectivity index (χ1) is 15.6. The second-order valence-electron chi connectivity index (χ2n) is 7.75. The summed E-state index contributed by atoms with van der Waals surface area (Å²) in [6.07, 6.45) is 5.44. The van der Waals surface area contributed by atoms with Gasteiger partial charge in [-0.15, -0.1) is 12.4 Å². The van der Waals surface area contributed by atoms with Crippen molar-refractivity contribution in [2.45, 2.75) is 18.9 Å². The topological polar surface area (TPSA) is 111 Å². The van der Waals surface area contributed by atoms with Crippen molar-refractivity contribution in [2.24, 2.45) is 0 Å². The van der Waals surface area contributed by atoms with E-state index in [9.17, 15) is 4.79 Å². The predicted molar refractivity (Wildman–Crippen MR) is 133 cm³/mol. The van der Waals surface area contributed by atoms with E-state index in [-0.39, 0.29) is 24.4 Å². The van der Waals surface area contributed by atoms with Crippen LogP contribution in [0.4, 0.5) is 11.6 Å². The van der Waals surface area contributed by atoms with E-state index >= 15 is 0 Å². The molecule has 170 valence electrons. The number of pyridine rings is 2. The van der Waals surface area contributed by atoms with Crippen LogP contribution >= 0.6 is 24.0 Å². The fourth-order valence-electron chi connectivity index (χ4n) is 4.10. The van der Waals surface area contributed by atoms with Gasteiger partial charge in [0.15, 0.2) is 0 Å². The van der Waals surface area contributed by atoms with Crippen molar-refractivity contribution in [3.63, 3.8) is 0 Å². The van der Waals surface area contributed by atoms with Gasteiger partial charge in [0.1, 0.15) is 17.3 Å². The zero-order valence-corrected chi connectivity index (χ0v) is 19.2. The number of rotatable bonds is 4. The molecule has 3 aromatic heterocycles. The van der Waals surface area contributed by atoms with E-state index in [1.165, 1.54) is 0 Å². The lowest BCUT2D eigenvalue weighted by atomic mass is 10.1. The first kappa shape index (κ1) is 23.0. The van der Waals surface area contributed by atoms with Gasteiger partial charge >= 0.3 is 0 Å². The van der Waals surface area contributed by atoms with Crippen LogP contribution in [0.2, 0.25) is 5.02 Å². The fourth-order valence-corrected chi connectivity index (χ4v) is 4.37. The molecule has 0 bridgehead atoms. The van der Waals surface area contributed by atoms with Gasteiger partial charge in [-0.2, -0.15) is 5.10 Å². The van der Waals surface area contributed by atoms with Gasteiger partial charge in [0.05, 0.1) is 22.0 Å². The van der Waals surface area contributed by atoms with Gasteiger partial charge in [-0.05, 0) is 49.7 Å². The van der Waals surface area contributed by atoms with Crippen molar-refractivity contribution in [1.82, 2.24) is 25.1 Å². The number of amides is 1. The predicted octanol–water partition coefficient (Wildman–Crippen LogP) is 4.33. The molecule has 1 aromatic carbocycles. The van der Waals surface area contributed by atoms with Crippen LogP contribution in [-0.2, 0) is 0 Å². The molecule has 4 aromatic rings. The summed E-state index contributed by atoms with van der Waals surface area (Å²) in [5.41, 5.74) is 8.98. The first-order valence-corrected chi connectivity index (χ1v) is 10.9. The van der Waals surface area contributed by atoms with E-state index in [0.29, 0.717) is 33.5 Å². The number of carbonyl (C=O) groups excluding carboxylic acids is 1. The largest absolute Gasteiger partial charge is 0.383 e. The molecule has 1 aliphatic rings. The molecule has 1 atom stereocenters. The second kappa shape index (κ2) is 9.74. The number of nitrogens with two attached hydrogens (primary N) is 1. The van der Waals surface area contributed by atoms with Crippen molar-refractivity contribution in [2.75, 3.05) is 24.1 Å². The van der Waals surface area contributed by atoms with Gasteiger partial charge in [0.25, 0.3) is 5.91 Å². The number of hydrogen-bond donors (Lipinski definition) is 3. The van der Waals surface area contributed by atoms with Crippen molar-refractivity contribution >= 4 is 52.5 Å². The van der Waals surface area contributed by atoms with Crippen LogP contribution in [-0.4, -0.2) is 38.7 Å². The van der Waals surface area contributed by atoms with E-state index in [1.807, 2.05) is 10.7 Å². The highest BCUT2D eigenvalue weighted by atomic mass is 35.5. The summed E-state index contributed by atoms with van der Waals surface area (Å²) < 4.78 is 2.02. The molecule has 33 heavy (non-hydrogen) atoms. The number of carbonyl (C=O) groups is 1. The van der Waals surface area contributed by atoms with Gasteiger partial charge in [-0.25, -0.2) is 9.97 Å². The molecule has 1 amide bonds. The molecule has 1 aliphatic heterocycles. The minimum atomic E-state index is -0.290. The SMILES string of the molecule is Cl.Nc1nccc2c1c(-c1ccc(C(=O)Nc3ccccn3)cc1Cl)nn2C1CCCNC1. The second-order valence-corrected chi connectivity index (χ2v) is 8.15.